The SMILES string of the molecule is O=C1C2CCCCC2C(=O)N1CCCCN1CCC(c2noc3cc(Cl)ccc23)CC1. The second-order valence-electron chi connectivity index (χ2n) is 9.36. The van der Waals surface area contributed by atoms with Gasteiger partial charge in [-0.2, -0.15) is 0 Å². The van der Waals surface area contributed by atoms with Crippen LogP contribution < -0.4 is 0 Å². The van der Waals surface area contributed by atoms with Crippen LogP contribution in [0.4, 0.5) is 0 Å². The smallest absolute Gasteiger partial charge is 0.233 e. The van der Waals surface area contributed by atoms with Gasteiger partial charge in [0.25, 0.3) is 0 Å². The summed E-state index contributed by atoms with van der Waals surface area (Å²) in [5.41, 5.74) is 1.81. The van der Waals surface area contributed by atoms with Crippen molar-refractivity contribution in [1.82, 2.24) is 15.0 Å². The van der Waals surface area contributed by atoms with E-state index in [0.29, 0.717) is 17.5 Å². The van der Waals surface area contributed by atoms with E-state index in [1.54, 1.807) is 4.90 Å². The van der Waals surface area contributed by atoms with Gasteiger partial charge in [0.1, 0.15) is 0 Å². The lowest BCUT2D eigenvalue weighted by molar-refractivity contribution is -0.140. The molecule has 0 spiro atoms. The minimum atomic E-state index is -0.0242. The quantitative estimate of drug-likeness (QED) is 0.481. The van der Waals surface area contributed by atoms with Crippen LogP contribution in [0.5, 0.6) is 0 Å². The summed E-state index contributed by atoms with van der Waals surface area (Å²) in [6.45, 7) is 3.69. The fourth-order valence-corrected chi connectivity index (χ4v) is 5.87. The average Bonchev–Trinajstić information content (AvgIpc) is 3.31. The number of fused-ring (bicyclic) bond motifs is 2. The predicted octanol–water partition coefficient (Wildman–Crippen LogP) is 4.62. The van der Waals surface area contributed by atoms with Crippen LogP contribution in [0.2, 0.25) is 5.02 Å². The molecular weight excluding hydrogens is 414 g/mol. The number of carbonyl (C=O) groups excluding carboxylic acids is 2. The third-order valence-electron chi connectivity index (χ3n) is 7.47. The van der Waals surface area contributed by atoms with E-state index in [1.807, 2.05) is 18.2 Å². The van der Waals surface area contributed by atoms with Gasteiger partial charge in [0.05, 0.1) is 17.5 Å². The summed E-state index contributed by atoms with van der Waals surface area (Å²) in [5, 5.41) is 6.07. The van der Waals surface area contributed by atoms with Crippen LogP contribution in [0.15, 0.2) is 22.7 Å². The van der Waals surface area contributed by atoms with Crippen molar-refractivity contribution in [2.75, 3.05) is 26.2 Å². The Balaban J connectivity index is 1.07. The number of carbonyl (C=O) groups is 2. The van der Waals surface area contributed by atoms with Gasteiger partial charge in [-0.15, -0.1) is 0 Å². The Hall–Kier alpha value is -1.92. The Labute approximate surface area is 187 Å². The molecule has 2 aliphatic heterocycles. The van der Waals surface area contributed by atoms with E-state index in [4.69, 9.17) is 16.1 Å². The highest BCUT2D eigenvalue weighted by Crippen LogP contribution is 2.38. The summed E-state index contributed by atoms with van der Waals surface area (Å²) >= 11 is 6.05. The number of imide groups is 1. The summed E-state index contributed by atoms with van der Waals surface area (Å²) in [6.07, 6.45) is 8.01. The van der Waals surface area contributed by atoms with Gasteiger partial charge in [-0.1, -0.05) is 29.6 Å². The molecule has 1 aromatic heterocycles. The standard InChI is InChI=1S/C24H30ClN3O3/c25-17-7-8-20-21(15-17)31-26-22(20)16-9-13-27(14-10-16)11-3-4-12-28-23(29)18-5-1-2-6-19(18)24(28)30/h7-8,15-16,18-19H,1-6,9-14H2. The zero-order valence-corrected chi connectivity index (χ0v) is 18.6. The van der Waals surface area contributed by atoms with Gasteiger partial charge >= 0.3 is 0 Å². The number of unbranched alkanes of at least 4 members (excludes halogenated alkanes) is 1. The number of halogens is 1. The molecule has 2 aromatic rings. The third kappa shape index (κ3) is 4.12. The van der Waals surface area contributed by atoms with Gasteiger partial charge in [-0.05, 0) is 70.3 Å². The predicted molar refractivity (Wildman–Crippen MR) is 119 cm³/mol. The number of hydrogen-bond acceptors (Lipinski definition) is 5. The van der Waals surface area contributed by atoms with Crippen molar-refractivity contribution < 1.29 is 14.1 Å². The van der Waals surface area contributed by atoms with Crippen LogP contribution in [0, 0.1) is 11.8 Å². The zero-order chi connectivity index (χ0) is 21.4. The lowest BCUT2D eigenvalue weighted by atomic mass is 9.81. The first-order valence-corrected chi connectivity index (χ1v) is 12.1. The van der Waals surface area contributed by atoms with Crippen molar-refractivity contribution in [3.63, 3.8) is 0 Å². The average molecular weight is 444 g/mol. The van der Waals surface area contributed by atoms with Crippen molar-refractivity contribution in [3.8, 4) is 0 Å². The van der Waals surface area contributed by atoms with Gasteiger partial charge in [0, 0.05) is 28.9 Å². The fourth-order valence-electron chi connectivity index (χ4n) is 5.71. The Bertz CT molecular complexity index is 942. The number of benzene rings is 1. The minimum absolute atomic E-state index is 0.0242. The van der Waals surface area contributed by atoms with Gasteiger partial charge < -0.3 is 9.42 Å². The molecule has 0 N–H and O–H groups in total. The molecular formula is C24H30ClN3O3. The van der Waals surface area contributed by atoms with Crippen LogP contribution >= 0.6 is 11.6 Å². The molecule has 3 fully saturated rings. The Kier molecular flexibility index (Phi) is 6.02. The summed E-state index contributed by atoms with van der Waals surface area (Å²) in [7, 11) is 0. The number of rotatable bonds is 6. The highest BCUT2D eigenvalue weighted by atomic mass is 35.5. The lowest BCUT2D eigenvalue weighted by Gasteiger charge is -2.31. The normalized spacial score (nSPS) is 25.5. The molecule has 1 saturated carbocycles. The van der Waals surface area contributed by atoms with Crippen LogP contribution in [0.1, 0.15) is 63.0 Å². The van der Waals surface area contributed by atoms with Crippen LogP contribution in [-0.2, 0) is 9.59 Å². The molecule has 0 bridgehead atoms. The molecule has 2 atom stereocenters. The van der Waals surface area contributed by atoms with Crippen molar-refractivity contribution in [2.24, 2.45) is 11.8 Å². The third-order valence-corrected chi connectivity index (χ3v) is 7.71. The molecule has 2 amide bonds. The van der Waals surface area contributed by atoms with E-state index in [9.17, 15) is 9.59 Å². The summed E-state index contributed by atoms with van der Waals surface area (Å²) in [5.74, 6) is 0.558. The van der Waals surface area contributed by atoms with E-state index in [2.05, 4.69) is 10.1 Å². The van der Waals surface area contributed by atoms with E-state index < -0.39 is 0 Å². The van der Waals surface area contributed by atoms with Crippen molar-refractivity contribution >= 4 is 34.4 Å². The van der Waals surface area contributed by atoms with Crippen molar-refractivity contribution in [1.29, 1.82) is 0 Å². The second-order valence-corrected chi connectivity index (χ2v) is 9.79. The van der Waals surface area contributed by atoms with E-state index >= 15 is 0 Å². The monoisotopic (exact) mass is 443 g/mol. The van der Waals surface area contributed by atoms with Gasteiger partial charge in [-0.3, -0.25) is 14.5 Å². The number of hydrogen-bond donors (Lipinski definition) is 0. The molecule has 5 rings (SSSR count). The van der Waals surface area contributed by atoms with Gasteiger partial charge in [-0.25, -0.2) is 0 Å². The Morgan fingerprint density at radius 2 is 1.65 bits per heavy atom. The maximum absolute atomic E-state index is 12.6. The molecule has 3 heterocycles. The second kappa shape index (κ2) is 8.91. The van der Waals surface area contributed by atoms with Gasteiger partial charge in [0.2, 0.25) is 11.8 Å². The molecule has 166 valence electrons. The summed E-state index contributed by atoms with van der Waals surface area (Å²) in [6, 6.07) is 5.73. The minimum Gasteiger partial charge on any atom is -0.356 e. The first-order valence-electron chi connectivity index (χ1n) is 11.7. The molecule has 6 nitrogen and oxygen atoms in total. The Morgan fingerprint density at radius 1 is 0.968 bits per heavy atom. The molecule has 1 aliphatic carbocycles. The first kappa shape index (κ1) is 21.0. The number of likely N-dealkylation sites (tertiary alicyclic amines) is 2. The number of amides is 2. The fraction of sp³-hybridized carbons (Fsp3) is 0.625. The lowest BCUT2D eigenvalue weighted by Crippen LogP contribution is -2.35. The van der Waals surface area contributed by atoms with Gasteiger partial charge in [0.15, 0.2) is 5.58 Å². The molecule has 0 radical (unpaired) electrons. The highest BCUT2D eigenvalue weighted by molar-refractivity contribution is 6.31. The Morgan fingerprint density at radius 3 is 2.35 bits per heavy atom. The van der Waals surface area contributed by atoms with E-state index in [0.717, 1.165) is 87.7 Å². The van der Waals surface area contributed by atoms with Crippen molar-refractivity contribution in [3.05, 3.63) is 28.9 Å². The highest BCUT2D eigenvalue weighted by Gasteiger charge is 2.47. The van der Waals surface area contributed by atoms with Crippen LogP contribution in [-0.4, -0.2) is 52.9 Å². The molecule has 3 aliphatic rings. The van der Waals surface area contributed by atoms with E-state index in [1.165, 1.54) is 0 Å². The molecule has 2 saturated heterocycles. The molecule has 1 aromatic carbocycles. The van der Waals surface area contributed by atoms with Crippen LogP contribution in [0.3, 0.4) is 0 Å². The maximum atomic E-state index is 12.6. The van der Waals surface area contributed by atoms with E-state index in [-0.39, 0.29) is 23.7 Å². The molecule has 2 unspecified atom stereocenters. The molecule has 31 heavy (non-hydrogen) atoms. The topological polar surface area (TPSA) is 66.7 Å². The largest absolute Gasteiger partial charge is 0.356 e. The zero-order valence-electron chi connectivity index (χ0n) is 17.9. The van der Waals surface area contributed by atoms with Crippen LogP contribution in [0.25, 0.3) is 11.0 Å². The number of nitrogens with zero attached hydrogens (tertiary/aromatic N) is 3. The number of aromatic nitrogens is 1. The first-order chi connectivity index (χ1) is 15.1. The number of piperidine rings is 1. The summed E-state index contributed by atoms with van der Waals surface area (Å²) < 4.78 is 5.48. The van der Waals surface area contributed by atoms with Crippen molar-refractivity contribution in [2.45, 2.75) is 57.3 Å². The molecule has 7 heteroatoms. The summed E-state index contributed by atoms with van der Waals surface area (Å²) in [4.78, 5) is 29.2. The maximum Gasteiger partial charge on any atom is 0.233 e.